The monoisotopic (exact) mass is 979 g/mol. The molecular formula is C46H65N3O20. The number of aryl methyl sites for hydroxylation is 3. The van der Waals surface area contributed by atoms with Gasteiger partial charge >= 0.3 is 0 Å². The number of aromatic amines is 2. The first-order valence-corrected chi connectivity index (χ1v) is 23.3. The molecule has 6 heterocycles. The van der Waals surface area contributed by atoms with E-state index < -0.39 is 112 Å². The summed E-state index contributed by atoms with van der Waals surface area (Å²) in [6, 6.07) is 6.74. The van der Waals surface area contributed by atoms with Crippen molar-refractivity contribution in [2.75, 3.05) is 26.4 Å². The van der Waals surface area contributed by atoms with Crippen LogP contribution in [-0.2, 0) is 52.9 Å². The fourth-order valence-electron chi connectivity index (χ4n) is 9.28. The SMILES string of the molecule is Cc1cc(O[C@@H]2OC(CO)[C@@H](O)[C@H](O)C2O)cc2c1CNCC2.O=c1[nH]c(O[C@@H]2OC(CO)[C@@H](O)[C@H](O)C2O)cc2c1CCCC2.O=c1cc(O[C@@H]2OC(CO)[C@@H](O)[C@H](O)C2O)[nH]c2c1CCCC2. The third kappa shape index (κ3) is 12.0. The van der Waals surface area contributed by atoms with E-state index >= 15 is 0 Å². The fraction of sp³-hybridized carbons (Fsp3) is 0.652. The van der Waals surface area contributed by atoms with Crippen molar-refractivity contribution in [3.05, 3.63) is 83.9 Å². The number of fused-ring (bicyclic) bond motifs is 3. The quantitative estimate of drug-likeness (QED) is 0.0964. The first-order valence-electron chi connectivity index (χ1n) is 23.3. The van der Waals surface area contributed by atoms with Crippen LogP contribution in [0.15, 0.2) is 33.9 Å². The van der Waals surface area contributed by atoms with Crippen molar-refractivity contribution >= 4 is 0 Å². The summed E-state index contributed by atoms with van der Waals surface area (Å²) in [4.78, 5) is 29.8. The third-order valence-electron chi connectivity index (χ3n) is 13.3. The van der Waals surface area contributed by atoms with Crippen LogP contribution in [0.3, 0.4) is 0 Å². The van der Waals surface area contributed by atoms with E-state index in [9.17, 15) is 60.7 Å². The van der Waals surface area contributed by atoms with Crippen LogP contribution in [0, 0.1) is 6.92 Å². The molecule has 0 bridgehead atoms. The Bertz CT molecular complexity index is 2180. The summed E-state index contributed by atoms with van der Waals surface area (Å²) < 4.78 is 32.5. The smallest absolute Gasteiger partial charge is 0.254 e. The number of aliphatic hydroxyl groups is 12. The van der Waals surface area contributed by atoms with E-state index in [0.29, 0.717) is 5.75 Å². The molecule has 23 heteroatoms. The summed E-state index contributed by atoms with van der Waals surface area (Å²) in [5.74, 6) is 0.785. The van der Waals surface area contributed by atoms with Crippen LogP contribution in [-0.4, -0.2) is 190 Å². The highest BCUT2D eigenvalue weighted by Crippen LogP contribution is 2.30. The lowest BCUT2D eigenvalue weighted by atomic mass is 9.93. The zero-order valence-electron chi connectivity index (χ0n) is 38.0. The number of nitrogens with one attached hydrogen (secondary N) is 3. The lowest BCUT2D eigenvalue weighted by molar-refractivity contribution is -0.278. The maximum atomic E-state index is 12.1. The van der Waals surface area contributed by atoms with Crippen molar-refractivity contribution < 1.29 is 89.7 Å². The Labute approximate surface area is 395 Å². The maximum absolute atomic E-state index is 12.1. The average Bonchev–Trinajstić information content (AvgIpc) is 3.35. The standard InChI is InChI=1S/C16H23NO6.2C15H21NO7/c1-8-4-10(5-9-2-3-17-6-11(8)9)22-16-15(21)14(20)13(19)12(7-18)23-16;17-6-10-12(19)13(20)14(21)15(22-10)23-11-5-9(18)7-3-1-2-4-8(7)16-11;17-6-9-11(18)12(19)13(20)15(22-9)23-10-5-7-3-1-2-4-8(7)14(21)16-10/h4-5,12-21H,2-3,6-7H2,1H3;5,10,12-15,17,19-21H,1-4,6H2,(H,16,18);5,9,11-13,15,17-20H,1-4,6H2,(H,16,21)/t12?,13-,14+,15?,16-;10?,12-,13+,14?,15+;9?,11-,12+,13?,15+/m111/s1. The van der Waals surface area contributed by atoms with Gasteiger partial charge in [0, 0.05) is 35.5 Å². The first kappa shape index (κ1) is 52.7. The molecule has 3 aromatic rings. The highest BCUT2D eigenvalue weighted by atomic mass is 16.7. The van der Waals surface area contributed by atoms with E-state index in [1.165, 1.54) is 17.2 Å². The number of aliphatic hydroxyl groups excluding tert-OH is 12. The van der Waals surface area contributed by atoms with E-state index in [0.717, 1.165) is 98.8 Å². The van der Waals surface area contributed by atoms with Gasteiger partial charge in [-0.3, -0.25) is 14.6 Å². The van der Waals surface area contributed by atoms with Crippen LogP contribution in [0.5, 0.6) is 17.5 Å². The van der Waals surface area contributed by atoms with Gasteiger partial charge in [0.05, 0.1) is 19.8 Å². The van der Waals surface area contributed by atoms with Gasteiger partial charge in [0.15, 0.2) is 17.2 Å². The van der Waals surface area contributed by atoms with E-state index in [1.54, 1.807) is 6.07 Å². The van der Waals surface area contributed by atoms with Crippen molar-refractivity contribution in [3.63, 3.8) is 0 Å². The van der Waals surface area contributed by atoms with Crippen LogP contribution >= 0.6 is 0 Å². The molecule has 15 atom stereocenters. The Hall–Kier alpha value is -4.12. The zero-order valence-corrected chi connectivity index (χ0v) is 38.0. The second-order valence-corrected chi connectivity index (χ2v) is 18.1. The molecule has 4 aliphatic heterocycles. The molecule has 2 aromatic heterocycles. The Balaban J connectivity index is 0.000000153. The van der Waals surface area contributed by atoms with Gasteiger partial charge in [0.1, 0.15) is 79.0 Å². The molecule has 6 unspecified atom stereocenters. The van der Waals surface area contributed by atoms with Gasteiger partial charge in [-0.15, -0.1) is 0 Å². The Kier molecular flexibility index (Phi) is 17.9. The molecule has 1 aromatic carbocycles. The molecule has 2 aliphatic carbocycles. The van der Waals surface area contributed by atoms with Crippen molar-refractivity contribution in [1.29, 1.82) is 0 Å². The number of H-pyrrole nitrogens is 2. The molecule has 23 nitrogen and oxygen atoms in total. The number of benzene rings is 1. The predicted molar refractivity (Wildman–Crippen MR) is 237 cm³/mol. The molecule has 9 rings (SSSR count). The Morgan fingerprint density at radius 2 is 1.00 bits per heavy atom. The van der Waals surface area contributed by atoms with E-state index in [2.05, 4.69) is 15.3 Å². The summed E-state index contributed by atoms with van der Waals surface area (Å²) >= 11 is 0. The van der Waals surface area contributed by atoms with Crippen LogP contribution < -0.4 is 30.5 Å². The molecule has 0 saturated carbocycles. The molecule has 384 valence electrons. The molecule has 0 spiro atoms. The minimum Gasteiger partial charge on any atom is -0.462 e. The Morgan fingerprint density at radius 3 is 1.55 bits per heavy atom. The molecule has 3 saturated heterocycles. The van der Waals surface area contributed by atoms with Gasteiger partial charge < -0.3 is 100 Å². The van der Waals surface area contributed by atoms with Gasteiger partial charge in [-0.2, -0.15) is 0 Å². The summed E-state index contributed by atoms with van der Waals surface area (Å²) in [6.07, 6.45) is -12.2. The number of pyridine rings is 2. The number of ether oxygens (including phenoxy) is 6. The van der Waals surface area contributed by atoms with Gasteiger partial charge in [0.25, 0.3) is 5.56 Å². The average molecular weight is 980 g/mol. The highest BCUT2D eigenvalue weighted by Gasteiger charge is 2.47. The van der Waals surface area contributed by atoms with Gasteiger partial charge in [-0.05, 0) is 106 Å². The molecule has 3 fully saturated rings. The first-order chi connectivity index (χ1) is 33.0. The number of hydrogen-bond acceptors (Lipinski definition) is 21. The highest BCUT2D eigenvalue weighted by molar-refractivity contribution is 5.43. The van der Waals surface area contributed by atoms with E-state index in [-0.39, 0.29) is 22.7 Å². The lowest BCUT2D eigenvalue weighted by Gasteiger charge is -2.39. The zero-order chi connectivity index (χ0) is 49.7. The van der Waals surface area contributed by atoms with Gasteiger partial charge in [-0.25, -0.2) is 0 Å². The minimum atomic E-state index is -1.52. The normalized spacial score (nSPS) is 34.0. The summed E-state index contributed by atoms with van der Waals surface area (Å²) in [6.45, 7) is 2.17. The van der Waals surface area contributed by atoms with Gasteiger partial charge in [0.2, 0.25) is 18.9 Å². The van der Waals surface area contributed by atoms with Crippen LogP contribution in [0.1, 0.15) is 64.8 Å². The van der Waals surface area contributed by atoms with E-state index in [4.69, 9.17) is 38.6 Å². The summed E-state index contributed by atoms with van der Waals surface area (Å²) in [7, 11) is 0. The summed E-state index contributed by atoms with van der Waals surface area (Å²) in [5, 5.41) is 119. The molecule has 0 radical (unpaired) electrons. The Morgan fingerprint density at radius 1 is 0.522 bits per heavy atom. The van der Waals surface area contributed by atoms with Crippen LogP contribution in [0.25, 0.3) is 0 Å². The van der Waals surface area contributed by atoms with Crippen LogP contribution in [0.2, 0.25) is 0 Å². The number of hydrogen-bond donors (Lipinski definition) is 15. The van der Waals surface area contributed by atoms with E-state index in [1.807, 2.05) is 19.1 Å². The molecular weight excluding hydrogens is 915 g/mol. The minimum absolute atomic E-state index is 0.125. The number of aromatic nitrogens is 2. The molecule has 15 N–H and O–H groups in total. The summed E-state index contributed by atoms with van der Waals surface area (Å²) in [5.41, 5.74) is 6.34. The molecule has 69 heavy (non-hydrogen) atoms. The largest absolute Gasteiger partial charge is 0.462 e. The van der Waals surface area contributed by atoms with Crippen molar-refractivity contribution in [1.82, 2.24) is 15.3 Å². The van der Waals surface area contributed by atoms with Crippen molar-refractivity contribution in [2.24, 2.45) is 0 Å². The van der Waals surface area contributed by atoms with Crippen molar-refractivity contribution in [3.8, 4) is 17.5 Å². The predicted octanol–water partition coefficient (Wildman–Crippen LogP) is -4.32. The third-order valence-corrected chi connectivity index (χ3v) is 13.3. The maximum Gasteiger partial charge on any atom is 0.254 e. The lowest BCUT2D eigenvalue weighted by Crippen LogP contribution is -2.60. The topological polar surface area (TPSA) is 376 Å². The number of rotatable bonds is 9. The van der Waals surface area contributed by atoms with Crippen LogP contribution in [0.4, 0.5) is 0 Å². The van der Waals surface area contributed by atoms with Gasteiger partial charge in [-0.1, -0.05) is 0 Å². The fourth-order valence-corrected chi connectivity index (χ4v) is 9.28. The second-order valence-electron chi connectivity index (χ2n) is 18.1. The van der Waals surface area contributed by atoms with Crippen molar-refractivity contribution in [2.45, 2.75) is 163 Å². The second kappa shape index (κ2) is 23.4. The molecule has 6 aliphatic rings. The molecule has 0 amide bonds.